The molecule has 0 aliphatic rings. The van der Waals surface area contributed by atoms with Crippen molar-refractivity contribution in [1.29, 1.82) is 0 Å². The molecule has 0 bridgehead atoms. The molecule has 2 rings (SSSR count). The van der Waals surface area contributed by atoms with Crippen molar-refractivity contribution >= 4 is 0 Å². The Bertz CT molecular complexity index is 617. The number of benzene rings is 2. The van der Waals surface area contributed by atoms with Crippen LogP contribution in [0.15, 0.2) is 48.5 Å². The van der Waals surface area contributed by atoms with E-state index >= 15 is 0 Å². The summed E-state index contributed by atoms with van der Waals surface area (Å²) in [6.45, 7) is 7.47. The Morgan fingerprint density at radius 2 is 1.61 bits per heavy atom. The highest BCUT2D eigenvalue weighted by molar-refractivity contribution is 5.46. The average Bonchev–Trinajstić information content (AvgIpc) is 2.54. The molecule has 0 radical (unpaired) electrons. The van der Waals surface area contributed by atoms with Gasteiger partial charge in [-0.3, -0.25) is 0 Å². The number of methoxy groups -OCH3 is 2. The van der Waals surface area contributed by atoms with E-state index in [-0.39, 0.29) is 11.5 Å². The number of ether oxygens (including phenoxy) is 2. The van der Waals surface area contributed by atoms with Gasteiger partial charge in [-0.2, -0.15) is 0 Å². The lowest BCUT2D eigenvalue weighted by molar-refractivity contribution is 0.269. The molecule has 0 amide bonds. The third-order valence-corrected chi connectivity index (χ3v) is 3.98. The van der Waals surface area contributed by atoms with Crippen LogP contribution < -0.4 is 14.8 Å². The molecule has 2 aromatic rings. The minimum absolute atomic E-state index is 0.105. The van der Waals surface area contributed by atoms with E-state index in [2.05, 4.69) is 56.4 Å². The molecule has 0 fully saturated rings. The Labute approximate surface area is 139 Å². The summed E-state index contributed by atoms with van der Waals surface area (Å²) in [4.78, 5) is 0. The van der Waals surface area contributed by atoms with Crippen molar-refractivity contribution in [2.45, 2.75) is 33.4 Å². The van der Waals surface area contributed by atoms with Crippen LogP contribution >= 0.6 is 0 Å². The standard InChI is InChI=1S/C20H27NO2/c1-20(2,3)19(15-10-7-6-8-11-15)21-14-16-12-9-13-17(22-4)18(16)23-5/h6-13,19,21H,14H2,1-5H3/t19-/m0/s1. The SMILES string of the molecule is COc1cccc(CN[C@@H](c2ccccc2)C(C)(C)C)c1OC. The molecule has 2 aromatic carbocycles. The fraction of sp³-hybridized carbons (Fsp3) is 0.400. The van der Waals surface area contributed by atoms with Gasteiger partial charge in [0.15, 0.2) is 11.5 Å². The number of hydrogen-bond acceptors (Lipinski definition) is 3. The first-order chi connectivity index (χ1) is 11.0. The molecular weight excluding hydrogens is 286 g/mol. The van der Waals surface area contributed by atoms with E-state index in [4.69, 9.17) is 9.47 Å². The Hall–Kier alpha value is -2.00. The van der Waals surface area contributed by atoms with E-state index in [1.165, 1.54) is 5.56 Å². The molecule has 124 valence electrons. The van der Waals surface area contributed by atoms with Gasteiger partial charge < -0.3 is 14.8 Å². The third kappa shape index (κ3) is 4.26. The predicted molar refractivity (Wildman–Crippen MR) is 95.0 cm³/mol. The first-order valence-corrected chi connectivity index (χ1v) is 7.95. The van der Waals surface area contributed by atoms with Gasteiger partial charge in [-0.05, 0) is 17.0 Å². The van der Waals surface area contributed by atoms with Crippen molar-refractivity contribution in [3.8, 4) is 11.5 Å². The molecule has 1 N–H and O–H groups in total. The van der Waals surface area contributed by atoms with Gasteiger partial charge in [0.05, 0.1) is 14.2 Å². The van der Waals surface area contributed by atoms with Crippen LogP contribution in [0.25, 0.3) is 0 Å². The molecule has 0 heterocycles. The summed E-state index contributed by atoms with van der Waals surface area (Å²) in [5.41, 5.74) is 2.49. The summed E-state index contributed by atoms with van der Waals surface area (Å²) in [7, 11) is 3.34. The molecule has 0 aliphatic heterocycles. The predicted octanol–water partition coefficient (Wildman–Crippen LogP) is 4.58. The molecule has 0 aliphatic carbocycles. The van der Waals surface area contributed by atoms with Crippen LogP contribution in [-0.2, 0) is 6.54 Å². The molecule has 3 heteroatoms. The smallest absolute Gasteiger partial charge is 0.165 e. The number of para-hydroxylation sites is 1. The van der Waals surface area contributed by atoms with Crippen LogP contribution in [0, 0.1) is 5.41 Å². The van der Waals surface area contributed by atoms with E-state index in [0.29, 0.717) is 0 Å². The monoisotopic (exact) mass is 313 g/mol. The zero-order valence-corrected chi connectivity index (χ0v) is 14.7. The van der Waals surface area contributed by atoms with Crippen LogP contribution in [0.1, 0.15) is 37.9 Å². The Morgan fingerprint density at radius 1 is 0.913 bits per heavy atom. The van der Waals surface area contributed by atoms with Crippen molar-refractivity contribution in [1.82, 2.24) is 5.32 Å². The van der Waals surface area contributed by atoms with E-state index in [9.17, 15) is 0 Å². The first-order valence-electron chi connectivity index (χ1n) is 7.95. The second-order valence-electron chi connectivity index (χ2n) is 6.74. The Balaban J connectivity index is 2.23. The lowest BCUT2D eigenvalue weighted by Gasteiger charge is -2.32. The highest BCUT2D eigenvalue weighted by Gasteiger charge is 2.26. The van der Waals surface area contributed by atoms with Crippen LogP contribution in [0.2, 0.25) is 0 Å². The van der Waals surface area contributed by atoms with Crippen molar-refractivity contribution in [3.63, 3.8) is 0 Å². The zero-order valence-electron chi connectivity index (χ0n) is 14.7. The number of nitrogens with one attached hydrogen (secondary N) is 1. The maximum Gasteiger partial charge on any atom is 0.165 e. The molecule has 0 saturated heterocycles. The van der Waals surface area contributed by atoms with Crippen molar-refractivity contribution in [2.75, 3.05) is 14.2 Å². The first kappa shape index (κ1) is 17.4. The average molecular weight is 313 g/mol. The van der Waals surface area contributed by atoms with E-state index in [0.717, 1.165) is 23.6 Å². The molecule has 1 atom stereocenters. The number of rotatable bonds is 6. The summed E-state index contributed by atoms with van der Waals surface area (Å²) >= 11 is 0. The summed E-state index contributed by atoms with van der Waals surface area (Å²) in [6, 6.07) is 16.8. The van der Waals surface area contributed by atoms with E-state index < -0.39 is 0 Å². The van der Waals surface area contributed by atoms with Gasteiger partial charge in [0.2, 0.25) is 0 Å². The molecule has 0 spiro atoms. The molecule has 0 unspecified atom stereocenters. The van der Waals surface area contributed by atoms with Gasteiger partial charge in [0.25, 0.3) is 0 Å². The zero-order chi connectivity index (χ0) is 16.9. The van der Waals surface area contributed by atoms with Crippen molar-refractivity contribution in [2.24, 2.45) is 5.41 Å². The van der Waals surface area contributed by atoms with Crippen LogP contribution in [0.4, 0.5) is 0 Å². The highest BCUT2D eigenvalue weighted by atomic mass is 16.5. The summed E-state index contributed by atoms with van der Waals surface area (Å²) < 4.78 is 10.9. The largest absolute Gasteiger partial charge is 0.493 e. The topological polar surface area (TPSA) is 30.5 Å². The van der Waals surface area contributed by atoms with Gasteiger partial charge in [-0.15, -0.1) is 0 Å². The van der Waals surface area contributed by atoms with Gasteiger partial charge in [0.1, 0.15) is 0 Å². The minimum Gasteiger partial charge on any atom is -0.493 e. The Morgan fingerprint density at radius 3 is 2.17 bits per heavy atom. The quantitative estimate of drug-likeness (QED) is 0.846. The maximum atomic E-state index is 5.53. The van der Waals surface area contributed by atoms with Crippen LogP contribution in [-0.4, -0.2) is 14.2 Å². The fourth-order valence-corrected chi connectivity index (χ4v) is 2.87. The summed E-state index contributed by atoms with van der Waals surface area (Å²) in [5.74, 6) is 1.56. The van der Waals surface area contributed by atoms with E-state index in [1.807, 2.05) is 18.2 Å². The molecule has 23 heavy (non-hydrogen) atoms. The van der Waals surface area contributed by atoms with Crippen molar-refractivity contribution in [3.05, 3.63) is 59.7 Å². The normalized spacial score (nSPS) is 12.7. The summed E-state index contributed by atoms with van der Waals surface area (Å²) in [6.07, 6.45) is 0. The molecule has 3 nitrogen and oxygen atoms in total. The molecule has 0 saturated carbocycles. The minimum atomic E-state index is 0.105. The highest BCUT2D eigenvalue weighted by Crippen LogP contribution is 2.35. The second-order valence-corrected chi connectivity index (χ2v) is 6.74. The fourth-order valence-electron chi connectivity index (χ4n) is 2.87. The second kappa shape index (κ2) is 7.51. The van der Waals surface area contributed by atoms with Gasteiger partial charge in [0, 0.05) is 18.2 Å². The van der Waals surface area contributed by atoms with Gasteiger partial charge in [-0.25, -0.2) is 0 Å². The van der Waals surface area contributed by atoms with Crippen molar-refractivity contribution < 1.29 is 9.47 Å². The van der Waals surface area contributed by atoms with Gasteiger partial charge in [-0.1, -0.05) is 63.2 Å². The van der Waals surface area contributed by atoms with Gasteiger partial charge >= 0.3 is 0 Å². The number of hydrogen-bond donors (Lipinski definition) is 1. The Kier molecular flexibility index (Phi) is 5.67. The molecular formula is C20H27NO2. The third-order valence-electron chi connectivity index (χ3n) is 3.98. The van der Waals surface area contributed by atoms with E-state index in [1.54, 1.807) is 14.2 Å². The molecule has 0 aromatic heterocycles. The lowest BCUT2D eigenvalue weighted by atomic mass is 9.82. The maximum absolute atomic E-state index is 5.53. The lowest BCUT2D eigenvalue weighted by Crippen LogP contribution is -2.32. The summed E-state index contributed by atoms with van der Waals surface area (Å²) in [5, 5.41) is 3.68. The van der Waals surface area contributed by atoms with Crippen LogP contribution in [0.3, 0.4) is 0 Å². The van der Waals surface area contributed by atoms with Crippen LogP contribution in [0.5, 0.6) is 11.5 Å².